The number of carbonyl (C=O) groups is 1. The van der Waals surface area contributed by atoms with Crippen LogP contribution in [0.1, 0.15) is 16.9 Å². The Bertz CT molecular complexity index is 899. The Morgan fingerprint density at radius 2 is 2.16 bits per heavy atom. The average molecular weight is 403 g/mol. The molecular weight excluding hydrogens is 387 g/mol. The van der Waals surface area contributed by atoms with E-state index in [2.05, 4.69) is 4.72 Å². The van der Waals surface area contributed by atoms with Crippen molar-refractivity contribution in [1.29, 1.82) is 0 Å². The van der Waals surface area contributed by atoms with Gasteiger partial charge in [0.05, 0.1) is 5.02 Å². The van der Waals surface area contributed by atoms with Gasteiger partial charge in [-0.1, -0.05) is 17.7 Å². The molecule has 1 aromatic carbocycles. The summed E-state index contributed by atoms with van der Waals surface area (Å²) >= 11 is 7.30. The minimum atomic E-state index is -4.06. The predicted octanol–water partition coefficient (Wildman–Crippen LogP) is 2.79. The molecule has 0 aliphatic carbocycles. The molecule has 1 aliphatic rings. The number of nitrogens with zero attached hydrogens (tertiary/aromatic N) is 1. The van der Waals surface area contributed by atoms with E-state index in [0.29, 0.717) is 13.1 Å². The zero-order valence-electron chi connectivity index (χ0n) is 13.2. The van der Waals surface area contributed by atoms with Gasteiger partial charge in [0, 0.05) is 30.9 Å². The Balaban J connectivity index is 1.57. The molecule has 0 bridgehead atoms. The minimum Gasteiger partial charge on any atom is -0.338 e. The number of benzene rings is 1. The van der Waals surface area contributed by atoms with E-state index in [4.69, 9.17) is 11.6 Å². The number of sulfonamides is 1. The Labute approximate surface area is 154 Å². The number of thiophene rings is 1. The Morgan fingerprint density at radius 1 is 1.36 bits per heavy atom. The van der Waals surface area contributed by atoms with Gasteiger partial charge in [-0.15, -0.1) is 11.3 Å². The third-order valence-electron chi connectivity index (χ3n) is 4.00. The van der Waals surface area contributed by atoms with Crippen molar-refractivity contribution in [3.63, 3.8) is 0 Å². The van der Waals surface area contributed by atoms with E-state index in [1.54, 1.807) is 16.2 Å². The SMILES string of the molecule is O=C(CCNS(=O)(=O)c1cccc(Cl)c1F)N1CCc2sccc2C1. The third-order valence-corrected chi connectivity index (χ3v) is 6.79. The molecule has 5 nitrogen and oxygen atoms in total. The number of carbonyl (C=O) groups excluding carboxylic acids is 1. The van der Waals surface area contributed by atoms with Crippen LogP contribution in [0.15, 0.2) is 34.5 Å². The van der Waals surface area contributed by atoms with Crippen LogP contribution in [0.5, 0.6) is 0 Å². The first-order chi connectivity index (χ1) is 11.9. The Kier molecular flexibility index (Phi) is 5.43. The van der Waals surface area contributed by atoms with Crippen LogP contribution in [0.3, 0.4) is 0 Å². The van der Waals surface area contributed by atoms with Crippen LogP contribution < -0.4 is 4.72 Å². The van der Waals surface area contributed by atoms with Crippen molar-refractivity contribution in [2.24, 2.45) is 0 Å². The molecule has 1 aliphatic heterocycles. The van der Waals surface area contributed by atoms with Crippen molar-refractivity contribution >= 4 is 38.9 Å². The molecule has 134 valence electrons. The van der Waals surface area contributed by atoms with Crippen LogP contribution in [-0.2, 0) is 27.8 Å². The molecule has 1 amide bonds. The molecule has 0 saturated heterocycles. The summed E-state index contributed by atoms with van der Waals surface area (Å²) in [7, 11) is -4.06. The fourth-order valence-corrected chi connectivity index (χ4v) is 4.93. The van der Waals surface area contributed by atoms with Gasteiger partial charge in [-0.05, 0) is 35.6 Å². The zero-order chi connectivity index (χ0) is 18.0. The Morgan fingerprint density at radius 3 is 2.96 bits per heavy atom. The Hall–Kier alpha value is -1.48. The van der Waals surface area contributed by atoms with E-state index in [1.165, 1.54) is 17.0 Å². The molecule has 0 radical (unpaired) electrons. The number of nitrogens with one attached hydrogen (secondary N) is 1. The van der Waals surface area contributed by atoms with Crippen LogP contribution in [0.2, 0.25) is 5.02 Å². The molecule has 25 heavy (non-hydrogen) atoms. The summed E-state index contributed by atoms with van der Waals surface area (Å²) < 4.78 is 40.4. The zero-order valence-corrected chi connectivity index (χ0v) is 15.6. The highest BCUT2D eigenvalue weighted by Crippen LogP contribution is 2.24. The van der Waals surface area contributed by atoms with Gasteiger partial charge in [0.15, 0.2) is 5.82 Å². The predicted molar refractivity (Wildman–Crippen MR) is 94.7 cm³/mol. The van der Waals surface area contributed by atoms with Crippen molar-refractivity contribution in [3.05, 3.63) is 50.9 Å². The third kappa shape index (κ3) is 4.03. The van der Waals surface area contributed by atoms with E-state index in [1.807, 2.05) is 11.4 Å². The molecule has 9 heteroatoms. The van der Waals surface area contributed by atoms with Crippen molar-refractivity contribution in [3.8, 4) is 0 Å². The molecule has 0 atom stereocenters. The van der Waals surface area contributed by atoms with Gasteiger partial charge in [-0.25, -0.2) is 17.5 Å². The lowest BCUT2D eigenvalue weighted by Gasteiger charge is -2.27. The average Bonchev–Trinajstić information content (AvgIpc) is 3.04. The van der Waals surface area contributed by atoms with Crippen LogP contribution in [0, 0.1) is 5.82 Å². The number of fused-ring (bicyclic) bond motifs is 1. The molecule has 2 aromatic rings. The lowest BCUT2D eigenvalue weighted by molar-refractivity contribution is -0.131. The maximum atomic E-state index is 13.9. The van der Waals surface area contributed by atoms with Crippen molar-refractivity contribution < 1.29 is 17.6 Å². The molecule has 0 spiro atoms. The topological polar surface area (TPSA) is 66.5 Å². The molecule has 3 rings (SSSR count). The fourth-order valence-electron chi connectivity index (χ4n) is 2.68. The number of hydrogen-bond acceptors (Lipinski definition) is 4. The molecular formula is C16H16ClFN2O3S2. The monoisotopic (exact) mass is 402 g/mol. The largest absolute Gasteiger partial charge is 0.338 e. The van der Waals surface area contributed by atoms with Gasteiger partial charge in [-0.3, -0.25) is 4.79 Å². The van der Waals surface area contributed by atoms with Crippen LogP contribution in [-0.4, -0.2) is 32.3 Å². The number of hydrogen-bond donors (Lipinski definition) is 1. The summed E-state index contributed by atoms with van der Waals surface area (Å²) in [6, 6.07) is 5.77. The van der Waals surface area contributed by atoms with Crippen molar-refractivity contribution in [1.82, 2.24) is 9.62 Å². The minimum absolute atomic E-state index is 0.0148. The van der Waals surface area contributed by atoms with E-state index >= 15 is 0 Å². The number of amides is 1. The molecule has 1 N–H and O–H groups in total. The second-order valence-electron chi connectivity index (χ2n) is 5.63. The highest BCUT2D eigenvalue weighted by Gasteiger charge is 2.23. The summed E-state index contributed by atoms with van der Waals surface area (Å²) in [5.74, 6) is -1.13. The van der Waals surface area contributed by atoms with Crippen LogP contribution >= 0.6 is 22.9 Å². The fraction of sp³-hybridized carbons (Fsp3) is 0.312. The molecule has 2 heterocycles. The summed E-state index contributed by atoms with van der Waals surface area (Å²) in [5.41, 5.74) is 1.14. The maximum Gasteiger partial charge on any atom is 0.243 e. The van der Waals surface area contributed by atoms with Gasteiger partial charge in [0.1, 0.15) is 4.90 Å². The molecule has 0 fully saturated rings. The van der Waals surface area contributed by atoms with E-state index in [0.717, 1.165) is 18.1 Å². The summed E-state index contributed by atoms with van der Waals surface area (Å²) in [6.45, 7) is 1.08. The first-order valence-corrected chi connectivity index (χ1v) is 10.4. The molecule has 0 unspecified atom stereocenters. The molecule has 0 saturated carbocycles. The van der Waals surface area contributed by atoms with Gasteiger partial charge < -0.3 is 4.90 Å². The van der Waals surface area contributed by atoms with E-state index in [-0.39, 0.29) is 23.9 Å². The first kappa shape index (κ1) is 18.3. The van der Waals surface area contributed by atoms with Crippen LogP contribution in [0.4, 0.5) is 4.39 Å². The normalized spacial score (nSPS) is 14.4. The number of rotatable bonds is 5. The summed E-state index contributed by atoms with van der Waals surface area (Å²) in [6.07, 6.45) is 0.832. The van der Waals surface area contributed by atoms with Gasteiger partial charge in [-0.2, -0.15) is 0 Å². The van der Waals surface area contributed by atoms with E-state index < -0.39 is 20.7 Å². The van der Waals surface area contributed by atoms with Crippen molar-refractivity contribution in [2.45, 2.75) is 24.3 Å². The first-order valence-electron chi connectivity index (χ1n) is 7.65. The van der Waals surface area contributed by atoms with Crippen molar-refractivity contribution in [2.75, 3.05) is 13.1 Å². The van der Waals surface area contributed by atoms with Gasteiger partial charge in [0.25, 0.3) is 0 Å². The maximum absolute atomic E-state index is 13.9. The standard InChI is InChI=1S/C16H16ClFN2O3S2/c17-12-2-1-3-14(16(12)18)25(22,23)19-7-4-15(21)20-8-5-13-11(10-20)6-9-24-13/h1-3,6,9,19H,4-5,7-8,10H2. The highest BCUT2D eigenvalue weighted by molar-refractivity contribution is 7.89. The second-order valence-corrected chi connectivity index (χ2v) is 8.78. The lowest BCUT2D eigenvalue weighted by atomic mass is 10.1. The summed E-state index contributed by atoms with van der Waals surface area (Å²) in [4.78, 5) is 14.8. The van der Waals surface area contributed by atoms with Gasteiger partial charge in [0.2, 0.25) is 15.9 Å². The van der Waals surface area contributed by atoms with E-state index in [9.17, 15) is 17.6 Å². The van der Waals surface area contributed by atoms with Gasteiger partial charge >= 0.3 is 0 Å². The molecule has 1 aromatic heterocycles. The second kappa shape index (κ2) is 7.41. The summed E-state index contributed by atoms with van der Waals surface area (Å²) in [5, 5.41) is 1.74. The van der Waals surface area contributed by atoms with Crippen LogP contribution in [0.25, 0.3) is 0 Å². The smallest absolute Gasteiger partial charge is 0.243 e. The highest BCUT2D eigenvalue weighted by atomic mass is 35.5. The quantitative estimate of drug-likeness (QED) is 0.836. The lowest BCUT2D eigenvalue weighted by Crippen LogP contribution is -2.37. The number of halogens is 2.